The van der Waals surface area contributed by atoms with E-state index in [9.17, 15) is 52.7 Å². The SMILES string of the molecule is CCCOc1cc(C(F)(F)F)ccc1S.CCCOc1cc(C(F)(F)F)ccc1SC1CCN(c2ccc(C(F)(F)F)cn2)CC1.FC(F)(F)c1ccc(N2CCC(Br)CC2)nc1. The first kappa shape index (κ1) is 51.9. The molecule has 2 aliphatic rings. The van der Waals surface area contributed by atoms with Crippen LogP contribution in [0.1, 0.15) is 74.6 Å². The van der Waals surface area contributed by atoms with E-state index in [-0.39, 0.29) is 16.7 Å². The van der Waals surface area contributed by atoms with Gasteiger partial charge in [-0.3, -0.25) is 0 Å². The quantitative estimate of drug-likeness (QED) is 0.0965. The molecule has 0 radical (unpaired) electrons. The molecule has 21 heteroatoms. The maximum atomic E-state index is 13.0. The third-order valence-corrected chi connectivity index (χ3v) is 12.1. The Hall–Kier alpha value is -3.72. The number of nitrogens with zero attached hydrogens (tertiary/aromatic N) is 4. The van der Waals surface area contributed by atoms with Crippen molar-refractivity contribution < 1.29 is 62.2 Å². The number of hydrogen-bond donors (Lipinski definition) is 1. The molecule has 6 nitrogen and oxygen atoms in total. The largest absolute Gasteiger partial charge is 0.492 e. The number of hydrogen-bond acceptors (Lipinski definition) is 8. The molecule has 0 aliphatic carbocycles. The van der Waals surface area contributed by atoms with E-state index in [2.05, 4.69) is 38.5 Å². The highest BCUT2D eigenvalue weighted by molar-refractivity contribution is 9.09. The van der Waals surface area contributed by atoms with Crippen molar-refractivity contribution in [3.63, 3.8) is 0 Å². The molecule has 0 atom stereocenters. The summed E-state index contributed by atoms with van der Waals surface area (Å²) >= 11 is 9.03. The van der Waals surface area contributed by atoms with Crippen LogP contribution in [0.3, 0.4) is 0 Å². The highest BCUT2D eigenvalue weighted by Gasteiger charge is 2.34. The van der Waals surface area contributed by atoms with Crippen LogP contribution in [0.25, 0.3) is 0 Å². The van der Waals surface area contributed by atoms with Gasteiger partial charge in [0.15, 0.2) is 0 Å². The highest BCUT2D eigenvalue weighted by Crippen LogP contribution is 2.41. The van der Waals surface area contributed by atoms with E-state index in [1.807, 2.05) is 23.6 Å². The Morgan fingerprint density at radius 1 is 0.587 bits per heavy atom. The minimum Gasteiger partial charge on any atom is -0.492 e. The zero-order chi connectivity index (χ0) is 46.6. The lowest BCUT2D eigenvalue weighted by Crippen LogP contribution is -2.35. The zero-order valence-corrected chi connectivity index (χ0v) is 37.2. The Labute approximate surface area is 375 Å². The van der Waals surface area contributed by atoms with Gasteiger partial charge in [0, 0.05) is 58.4 Å². The highest BCUT2D eigenvalue weighted by atomic mass is 79.9. The molecule has 0 spiro atoms. The number of alkyl halides is 13. The lowest BCUT2D eigenvalue weighted by atomic mass is 10.1. The van der Waals surface area contributed by atoms with Crippen molar-refractivity contribution in [2.45, 2.75) is 96.9 Å². The predicted octanol–water partition coefficient (Wildman–Crippen LogP) is 13.9. The molecule has 0 saturated carbocycles. The van der Waals surface area contributed by atoms with Crippen LogP contribution in [0.4, 0.5) is 64.3 Å². The summed E-state index contributed by atoms with van der Waals surface area (Å²) in [6, 6.07) is 11.7. The first-order valence-electron chi connectivity index (χ1n) is 19.7. The van der Waals surface area contributed by atoms with Gasteiger partial charge in [0.2, 0.25) is 0 Å². The molecule has 0 amide bonds. The van der Waals surface area contributed by atoms with Crippen LogP contribution in [0.2, 0.25) is 0 Å². The summed E-state index contributed by atoms with van der Waals surface area (Å²) in [6.07, 6.45) is -10.9. The Bertz CT molecular complexity index is 2000. The second-order valence-corrected chi connectivity index (χ2v) is 17.4. The summed E-state index contributed by atoms with van der Waals surface area (Å²) in [7, 11) is 0. The smallest absolute Gasteiger partial charge is 0.417 e. The van der Waals surface area contributed by atoms with Crippen molar-refractivity contribution in [1.29, 1.82) is 0 Å². The molecule has 0 unspecified atom stereocenters. The van der Waals surface area contributed by atoms with Crippen LogP contribution in [-0.2, 0) is 24.7 Å². The summed E-state index contributed by atoms with van der Waals surface area (Å²) in [5.74, 6) is 1.51. The summed E-state index contributed by atoms with van der Waals surface area (Å²) in [6.45, 7) is 7.32. The number of thiol groups is 1. The van der Waals surface area contributed by atoms with Crippen molar-refractivity contribution in [1.82, 2.24) is 9.97 Å². The van der Waals surface area contributed by atoms with Gasteiger partial charge >= 0.3 is 24.7 Å². The molecule has 4 aromatic rings. The van der Waals surface area contributed by atoms with Gasteiger partial charge in [-0.15, -0.1) is 24.4 Å². The molecule has 2 fully saturated rings. The number of halogens is 13. The molecule has 4 heterocycles. The Balaban J connectivity index is 0.000000229. The van der Waals surface area contributed by atoms with E-state index in [0.717, 1.165) is 94.0 Å². The fourth-order valence-corrected chi connectivity index (χ4v) is 7.87. The summed E-state index contributed by atoms with van der Waals surface area (Å²) in [5.41, 5.74) is -2.95. The van der Waals surface area contributed by atoms with Gasteiger partial charge in [-0.2, -0.15) is 52.7 Å². The Morgan fingerprint density at radius 3 is 1.40 bits per heavy atom. The summed E-state index contributed by atoms with van der Waals surface area (Å²) < 4.78 is 162. The lowest BCUT2D eigenvalue weighted by molar-refractivity contribution is -0.138. The van der Waals surface area contributed by atoms with Gasteiger partial charge in [-0.25, -0.2) is 9.97 Å². The number of thioether (sulfide) groups is 1. The molecule has 2 saturated heterocycles. The van der Waals surface area contributed by atoms with Crippen LogP contribution in [0.5, 0.6) is 11.5 Å². The molecule has 2 aliphatic heterocycles. The minimum absolute atomic E-state index is 0.159. The number of ether oxygens (including phenoxy) is 2. The maximum Gasteiger partial charge on any atom is 0.417 e. The Kier molecular flexibility index (Phi) is 18.9. The van der Waals surface area contributed by atoms with Crippen LogP contribution in [0, 0.1) is 0 Å². The average Bonchev–Trinajstić information content (AvgIpc) is 3.23. The number of aromatic nitrogens is 2. The van der Waals surface area contributed by atoms with E-state index in [1.165, 1.54) is 36.0 Å². The van der Waals surface area contributed by atoms with Crippen LogP contribution < -0.4 is 19.3 Å². The van der Waals surface area contributed by atoms with Crippen molar-refractivity contribution in [2.24, 2.45) is 0 Å². The van der Waals surface area contributed by atoms with Crippen LogP contribution in [-0.4, -0.2) is 59.4 Å². The molecular formula is C42H45BrF12N4O2S2. The van der Waals surface area contributed by atoms with Gasteiger partial charge < -0.3 is 19.3 Å². The van der Waals surface area contributed by atoms with E-state index < -0.39 is 47.0 Å². The molecule has 2 aromatic carbocycles. The first-order chi connectivity index (χ1) is 29.5. The maximum absolute atomic E-state index is 13.0. The number of anilines is 2. The number of piperidine rings is 2. The summed E-state index contributed by atoms with van der Waals surface area (Å²) in [5, 5.41) is 0.159. The van der Waals surface area contributed by atoms with E-state index in [1.54, 1.807) is 0 Å². The third kappa shape index (κ3) is 16.3. The standard InChI is InChI=1S/C21H22F6N2OS.C11H12BrF3N2.C10H11F3OS/c1-2-11-30-17-12-14(20(22,23)24)3-5-18(17)31-16-7-9-29(10-8-16)19-6-4-15(13-28-19)21(25,26)27;12-9-3-5-17(6-4-9)10-2-1-8(7-16-10)11(13,14)15;1-2-5-14-8-6-7(10(11,12)13)3-4-9(8)15/h3-6,12-13,16H,2,7-11H2,1H3;1-2,7,9H,3-6H2;3-4,6,15H,2,5H2,1H3. The monoisotopic (exact) mass is 1010 g/mol. The second-order valence-electron chi connectivity index (χ2n) is 14.3. The molecule has 0 N–H and O–H groups in total. The molecule has 63 heavy (non-hydrogen) atoms. The number of benzene rings is 2. The summed E-state index contributed by atoms with van der Waals surface area (Å²) in [4.78, 5) is 13.3. The molecular weight excluding hydrogens is 965 g/mol. The van der Waals surface area contributed by atoms with Gasteiger partial charge in [0.1, 0.15) is 23.1 Å². The van der Waals surface area contributed by atoms with Crippen LogP contribution in [0.15, 0.2) is 82.8 Å². The third-order valence-electron chi connectivity index (χ3n) is 9.44. The van der Waals surface area contributed by atoms with Crippen LogP contribution >= 0.6 is 40.3 Å². The van der Waals surface area contributed by atoms with Gasteiger partial charge in [0.25, 0.3) is 0 Å². The van der Waals surface area contributed by atoms with Gasteiger partial charge in [0.05, 0.1) is 35.5 Å². The molecule has 6 rings (SSSR count). The normalized spacial score (nSPS) is 15.6. The number of rotatable bonds is 10. The number of pyridine rings is 2. The van der Waals surface area contributed by atoms with Crippen molar-refractivity contribution >= 4 is 52.0 Å². The second kappa shape index (κ2) is 22.9. The molecule has 0 bridgehead atoms. The lowest BCUT2D eigenvalue weighted by Gasteiger charge is -2.32. The van der Waals surface area contributed by atoms with E-state index in [4.69, 9.17) is 9.47 Å². The predicted molar refractivity (Wildman–Crippen MR) is 225 cm³/mol. The minimum atomic E-state index is -4.44. The van der Waals surface area contributed by atoms with Gasteiger partial charge in [-0.1, -0.05) is 29.8 Å². The first-order valence-corrected chi connectivity index (χ1v) is 22.0. The topological polar surface area (TPSA) is 50.7 Å². The zero-order valence-electron chi connectivity index (χ0n) is 33.9. The average molecular weight is 1010 g/mol. The molecule has 2 aromatic heterocycles. The van der Waals surface area contributed by atoms with Crippen molar-refractivity contribution in [3.8, 4) is 11.5 Å². The van der Waals surface area contributed by atoms with Gasteiger partial charge in [-0.05, 0) is 99.2 Å². The fraction of sp³-hybridized carbons (Fsp3) is 0.476. The van der Waals surface area contributed by atoms with E-state index in [0.29, 0.717) is 59.0 Å². The fourth-order valence-electron chi connectivity index (χ4n) is 6.07. The van der Waals surface area contributed by atoms with Crippen molar-refractivity contribution in [3.05, 3.63) is 95.3 Å². The molecule has 348 valence electrons. The van der Waals surface area contributed by atoms with E-state index >= 15 is 0 Å². The van der Waals surface area contributed by atoms with Crippen molar-refractivity contribution in [2.75, 3.05) is 49.2 Å². The Morgan fingerprint density at radius 2 is 0.984 bits per heavy atom.